The number of carbonyl (C=O) groups is 3. The number of nitro benzene ring substituents is 1. The first-order valence-corrected chi connectivity index (χ1v) is 9.53. The topological polar surface area (TPSA) is 123 Å². The molecule has 1 aromatic heterocycles. The molecule has 1 aliphatic rings. The molecule has 1 aliphatic heterocycles. The van der Waals surface area contributed by atoms with Crippen LogP contribution in [0.4, 0.5) is 10.8 Å². The van der Waals surface area contributed by atoms with E-state index in [1.165, 1.54) is 23.5 Å². The van der Waals surface area contributed by atoms with Crippen LogP contribution in [-0.4, -0.2) is 39.1 Å². The smallest absolute Gasteiger partial charge is 0.282 e. The maximum absolute atomic E-state index is 12.5. The van der Waals surface area contributed by atoms with E-state index < -0.39 is 34.9 Å². The predicted octanol–water partition coefficient (Wildman–Crippen LogP) is 3.00. The van der Waals surface area contributed by atoms with Gasteiger partial charge in [0.2, 0.25) is 5.91 Å². The monoisotopic (exact) mass is 410 g/mol. The van der Waals surface area contributed by atoms with Crippen LogP contribution in [0.2, 0.25) is 0 Å². The van der Waals surface area contributed by atoms with Gasteiger partial charge in [-0.2, -0.15) is 0 Å². The summed E-state index contributed by atoms with van der Waals surface area (Å²) in [4.78, 5) is 52.9. The van der Waals surface area contributed by atoms with Crippen molar-refractivity contribution in [2.24, 2.45) is 0 Å². The van der Waals surface area contributed by atoms with Crippen molar-refractivity contribution in [2.75, 3.05) is 11.9 Å². The first kappa shape index (κ1) is 18.7. The largest absolute Gasteiger partial charge is 0.300 e. The van der Waals surface area contributed by atoms with Gasteiger partial charge < -0.3 is 5.32 Å². The summed E-state index contributed by atoms with van der Waals surface area (Å²) in [6.07, 6.45) is 0.876. The van der Waals surface area contributed by atoms with Crippen molar-refractivity contribution in [1.82, 2.24) is 9.88 Å². The number of aromatic nitrogens is 1. The number of hydrogen-bond donors (Lipinski definition) is 1. The molecule has 0 atom stereocenters. The summed E-state index contributed by atoms with van der Waals surface area (Å²) in [5, 5.41) is 14.1. The molecule has 146 valence electrons. The van der Waals surface area contributed by atoms with Crippen LogP contribution >= 0.6 is 11.3 Å². The molecule has 2 heterocycles. The van der Waals surface area contributed by atoms with E-state index in [1.54, 1.807) is 0 Å². The average Bonchev–Trinajstić information content (AvgIpc) is 3.20. The number of imide groups is 1. The van der Waals surface area contributed by atoms with Crippen LogP contribution < -0.4 is 5.32 Å². The van der Waals surface area contributed by atoms with Gasteiger partial charge in [0, 0.05) is 6.07 Å². The Labute approximate surface area is 168 Å². The summed E-state index contributed by atoms with van der Waals surface area (Å²) in [5.41, 5.74) is 1.05. The normalized spacial score (nSPS) is 13.1. The number of carbonyl (C=O) groups excluding carboxylic acids is 3. The summed E-state index contributed by atoms with van der Waals surface area (Å²) in [7, 11) is 0. The highest BCUT2D eigenvalue weighted by atomic mass is 32.1. The SMILES string of the molecule is CCc1ccc2nc(NC(=O)CN3C(=O)c4cccc([N+](=O)[O-])c4C3=O)sc2c1. The Bertz CT molecular complexity index is 1200. The van der Waals surface area contributed by atoms with E-state index in [9.17, 15) is 24.5 Å². The Morgan fingerprint density at radius 2 is 2.03 bits per heavy atom. The highest BCUT2D eigenvalue weighted by Gasteiger charge is 2.41. The summed E-state index contributed by atoms with van der Waals surface area (Å²) in [6, 6.07) is 9.63. The molecule has 0 radical (unpaired) electrons. The lowest BCUT2D eigenvalue weighted by molar-refractivity contribution is -0.385. The fourth-order valence-electron chi connectivity index (χ4n) is 3.16. The standard InChI is InChI=1S/C19H14N4O5S/c1-2-10-6-7-12-14(8-10)29-19(20-12)21-15(24)9-22-17(25)11-4-3-5-13(23(27)28)16(11)18(22)26/h3-8H,2,9H2,1H3,(H,20,21,24). The highest BCUT2D eigenvalue weighted by Crippen LogP contribution is 2.31. The maximum atomic E-state index is 12.5. The number of aryl methyl sites for hydroxylation is 1. The van der Waals surface area contributed by atoms with Crippen molar-refractivity contribution in [2.45, 2.75) is 13.3 Å². The number of benzene rings is 2. The quantitative estimate of drug-likeness (QED) is 0.392. The molecule has 0 aliphatic carbocycles. The molecule has 4 rings (SSSR count). The van der Waals surface area contributed by atoms with E-state index in [-0.39, 0.29) is 11.1 Å². The molecule has 2 aromatic carbocycles. The molecule has 29 heavy (non-hydrogen) atoms. The van der Waals surface area contributed by atoms with Crippen LogP contribution in [-0.2, 0) is 11.2 Å². The second-order valence-corrected chi connectivity index (χ2v) is 7.41. The number of hydrogen-bond acceptors (Lipinski definition) is 7. The Hall–Kier alpha value is -3.66. The molecule has 0 spiro atoms. The van der Waals surface area contributed by atoms with Crippen LogP contribution in [0, 0.1) is 10.1 Å². The zero-order valence-electron chi connectivity index (χ0n) is 15.2. The van der Waals surface area contributed by atoms with Crippen molar-refractivity contribution in [1.29, 1.82) is 0 Å². The minimum Gasteiger partial charge on any atom is -0.300 e. The van der Waals surface area contributed by atoms with Crippen LogP contribution in [0.5, 0.6) is 0 Å². The summed E-state index contributed by atoms with van der Waals surface area (Å²) in [6.45, 7) is 1.48. The zero-order chi connectivity index (χ0) is 20.7. The van der Waals surface area contributed by atoms with Crippen LogP contribution in [0.1, 0.15) is 33.2 Å². The van der Waals surface area contributed by atoms with Gasteiger partial charge >= 0.3 is 0 Å². The molecule has 0 bridgehead atoms. The fourth-order valence-corrected chi connectivity index (χ4v) is 4.10. The Morgan fingerprint density at radius 1 is 1.24 bits per heavy atom. The lowest BCUT2D eigenvalue weighted by atomic mass is 10.1. The van der Waals surface area contributed by atoms with E-state index in [2.05, 4.69) is 10.3 Å². The van der Waals surface area contributed by atoms with Gasteiger partial charge in [0.05, 0.1) is 20.7 Å². The molecule has 3 amide bonds. The fraction of sp³-hybridized carbons (Fsp3) is 0.158. The number of fused-ring (bicyclic) bond motifs is 2. The van der Waals surface area contributed by atoms with E-state index in [1.807, 2.05) is 25.1 Å². The third-order valence-electron chi connectivity index (χ3n) is 4.58. The number of anilines is 1. The van der Waals surface area contributed by atoms with Gasteiger partial charge in [-0.1, -0.05) is 30.4 Å². The third-order valence-corrected chi connectivity index (χ3v) is 5.52. The van der Waals surface area contributed by atoms with Crippen LogP contribution in [0.25, 0.3) is 10.2 Å². The van der Waals surface area contributed by atoms with E-state index in [0.29, 0.717) is 10.0 Å². The molecular formula is C19H14N4O5S. The maximum Gasteiger partial charge on any atom is 0.282 e. The highest BCUT2D eigenvalue weighted by molar-refractivity contribution is 7.22. The minimum atomic E-state index is -0.857. The van der Waals surface area contributed by atoms with Gasteiger partial charge in [-0.05, 0) is 30.2 Å². The van der Waals surface area contributed by atoms with Gasteiger partial charge in [0.1, 0.15) is 12.1 Å². The van der Waals surface area contributed by atoms with Crippen molar-refractivity contribution < 1.29 is 19.3 Å². The number of rotatable bonds is 5. The van der Waals surface area contributed by atoms with Gasteiger partial charge in [0.15, 0.2) is 5.13 Å². The number of thiazole rings is 1. The summed E-state index contributed by atoms with van der Waals surface area (Å²) >= 11 is 1.29. The minimum absolute atomic E-state index is 0.0796. The van der Waals surface area contributed by atoms with E-state index in [4.69, 9.17) is 0 Å². The second-order valence-electron chi connectivity index (χ2n) is 6.38. The summed E-state index contributed by atoms with van der Waals surface area (Å²) < 4.78 is 0.913. The number of nitrogens with zero attached hydrogens (tertiary/aromatic N) is 3. The van der Waals surface area contributed by atoms with Gasteiger partial charge in [-0.3, -0.25) is 29.4 Å². The van der Waals surface area contributed by atoms with Crippen molar-refractivity contribution in [3.05, 3.63) is 63.2 Å². The third kappa shape index (κ3) is 3.23. The molecule has 0 unspecified atom stereocenters. The second kappa shape index (κ2) is 7.06. The van der Waals surface area contributed by atoms with Crippen molar-refractivity contribution in [3.8, 4) is 0 Å². The number of amides is 3. The first-order chi connectivity index (χ1) is 13.9. The zero-order valence-corrected chi connectivity index (χ0v) is 16.0. The van der Waals surface area contributed by atoms with E-state index in [0.717, 1.165) is 28.3 Å². The molecule has 0 saturated carbocycles. The molecule has 10 heteroatoms. The van der Waals surface area contributed by atoms with Gasteiger partial charge in [-0.25, -0.2) is 4.98 Å². The van der Waals surface area contributed by atoms with Gasteiger partial charge in [0.25, 0.3) is 17.5 Å². The molecule has 0 fully saturated rings. The summed E-state index contributed by atoms with van der Waals surface area (Å²) in [5.74, 6) is -2.21. The average molecular weight is 410 g/mol. The van der Waals surface area contributed by atoms with Crippen LogP contribution in [0.3, 0.4) is 0 Å². The lowest BCUT2D eigenvalue weighted by Gasteiger charge is -2.12. The Morgan fingerprint density at radius 3 is 2.76 bits per heavy atom. The Kier molecular flexibility index (Phi) is 4.55. The Balaban J connectivity index is 1.53. The van der Waals surface area contributed by atoms with Crippen LogP contribution in [0.15, 0.2) is 36.4 Å². The first-order valence-electron chi connectivity index (χ1n) is 8.72. The molecule has 0 saturated heterocycles. The predicted molar refractivity (Wildman–Crippen MR) is 106 cm³/mol. The van der Waals surface area contributed by atoms with Crippen molar-refractivity contribution >= 4 is 50.1 Å². The van der Waals surface area contributed by atoms with Gasteiger partial charge in [-0.15, -0.1) is 0 Å². The molecule has 1 N–H and O–H groups in total. The van der Waals surface area contributed by atoms with E-state index >= 15 is 0 Å². The number of nitrogens with one attached hydrogen (secondary N) is 1. The number of nitro groups is 1. The molecule has 9 nitrogen and oxygen atoms in total. The lowest BCUT2D eigenvalue weighted by Crippen LogP contribution is -2.37. The molecular weight excluding hydrogens is 396 g/mol. The van der Waals surface area contributed by atoms with Crippen molar-refractivity contribution in [3.63, 3.8) is 0 Å². The molecule has 3 aromatic rings.